The highest BCUT2D eigenvalue weighted by molar-refractivity contribution is 5.76. The Labute approximate surface area is 155 Å². The zero-order valence-corrected chi connectivity index (χ0v) is 15.7. The van der Waals surface area contributed by atoms with Gasteiger partial charge in [-0.2, -0.15) is 0 Å². The zero-order chi connectivity index (χ0) is 18.4. The zero-order valence-electron chi connectivity index (χ0n) is 15.7. The fourth-order valence-corrected chi connectivity index (χ4v) is 3.11. The van der Waals surface area contributed by atoms with Gasteiger partial charge in [-0.15, -0.1) is 0 Å². The lowest BCUT2D eigenvalue weighted by atomic mass is 10.2. The number of ether oxygens (including phenoxy) is 2. The van der Waals surface area contributed by atoms with Gasteiger partial charge in [-0.05, 0) is 43.7 Å². The van der Waals surface area contributed by atoms with Crippen molar-refractivity contribution in [3.8, 4) is 5.75 Å². The van der Waals surface area contributed by atoms with Crippen LogP contribution in [0.25, 0.3) is 11.0 Å². The number of methoxy groups -OCH3 is 1. The van der Waals surface area contributed by atoms with Crippen molar-refractivity contribution in [2.24, 2.45) is 0 Å². The van der Waals surface area contributed by atoms with Crippen LogP contribution in [0.3, 0.4) is 0 Å². The van der Waals surface area contributed by atoms with E-state index in [0.29, 0.717) is 13.2 Å². The third-order valence-corrected chi connectivity index (χ3v) is 4.45. The number of hydrogen-bond donors (Lipinski definition) is 1. The second-order valence-corrected chi connectivity index (χ2v) is 6.29. The predicted octanol–water partition coefficient (Wildman–Crippen LogP) is 3.93. The Morgan fingerprint density at radius 3 is 2.77 bits per heavy atom. The molecular formula is C21H27N3O2. The number of aryl methyl sites for hydroxylation is 1. The number of nitrogens with zero attached hydrogens (tertiary/aromatic N) is 2. The Balaban J connectivity index is 1.67. The van der Waals surface area contributed by atoms with Crippen molar-refractivity contribution >= 4 is 11.0 Å². The van der Waals surface area contributed by atoms with E-state index in [-0.39, 0.29) is 6.04 Å². The Morgan fingerprint density at radius 1 is 1.12 bits per heavy atom. The first-order chi connectivity index (χ1) is 12.7. The van der Waals surface area contributed by atoms with Gasteiger partial charge in [0.05, 0.1) is 23.7 Å². The molecule has 1 atom stereocenters. The molecule has 3 aromatic rings. The van der Waals surface area contributed by atoms with Gasteiger partial charge in [0, 0.05) is 20.2 Å². The first kappa shape index (κ1) is 18.4. The van der Waals surface area contributed by atoms with E-state index >= 15 is 0 Å². The maximum Gasteiger partial charge on any atom is 0.126 e. The SMILES string of the molecule is CCn1c(C(C)NCc2cccc(OCCOC)c2)nc2ccccc21. The fraction of sp³-hybridized carbons (Fsp3) is 0.381. The van der Waals surface area contributed by atoms with Gasteiger partial charge in [0.1, 0.15) is 18.2 Å². The first-order valence-electron chi connectivity index (χ1n) is 9.12. The summed E-state index contributed by atoms with van der Waals surface area (Å²) in [5.74, 6) is 1.94. The van der Waals surface area contributed by atoms with Crippen LogP contribution in [0.2, 0.25) is 0 Å². The number of rotatable bonds is 9. The summed E-state index contributed by atoms with van der Waals surface area (Å²) in [6.45, 7) is 7.13. The van der Waals surface area contributed by atoms with Gasteiger partial charge in [0.15, 0.2) is 0 Å². The molecule has 0 fully saturated rings. The summed E-state index contributed by atoms with van der Waals surface area (Å²) < 4.78 is 13.0. The first-order valence-corrected chi connectivity index (χ1v) is 9.12. The minimum Gasteiger partial charge on any atom is -0.491 e. The predicted molar refractivity (Wildman–Crippen MR) is 104 cm³/mol. The number of nitrogens with one attached hydrogen (secondary N) is 1. The molecule has 3 rings (SSSR count). The molecule has 1 heterocycles. The van der Waals surface area contributed by atoms with Gasteiger partial charge in [0.2, 0.25) is 0 Å². The monoisotopic (exact) mass is 353 g/mol. The molecule has 0 saturated carbocycles. The van der Waals surface area contributed by atoms with Crippen LogP contribution in [0.5, 0.6) is 5.75 Å². The summed E-state index contributed by atoms with van der Waals surface area (Å²) in [6, 6.07) is 16.6. The molecule has 0 aliphatic heterocycles. The van der Waals surface area contributed by atoms with Crippen LogP contribution >= 0.6 is 0 Å². The molecule has 0 aliphatic rings. The second kappa shape index (κ2) is 8.83. The molecule has 0 amide bonds. The minimum absolute atomic E-state index is 0.153. The fourth-order valence-electron chi connectivity index (χ4n) is 3.11. The van der Waals surface area contributed by atoms with Crippen LogP contribution in [0.1, 0.15) is 31.3 Å². The largest absolute Gasteiger partial charge is 0.491 e. The topological polar surface area (TPSA) is 48.3 Å². The van der Waals surface area contributed by atoms with Crippen LogP contribution in [0, 0.1) is 0 Å². The Hall–Kier alpha value is -2.37. The maximum absolute atomic E-state index is 5.69. The second-order valence-electron chi connectivity index (χ2n) is 6.29. The van der Waals surface area contributed by atoms with Crippen molar-refractivity contribution in [3.63, 3.8) is 0 Å². The maximum atomic E-state index is 5.69. The van der Waals surface area contributed by atoms with Crippen molar-refractivity contribution in [2.75, 3.05) is 20.3 Å². The molecule has 5 nitrogen and oxygen atoms in total. The number of para-hydroxylation sites is 2. The molecule has 0 bridgehead atoms. The number of benzene rings is 2. The number of hydrogen-bond acceptors (Lipinski definition) is 4. The molecule has 1 unspecified atom stereocenters. The third kappa shape index (κ3) is 4.23. The van der Waals surface area contributed by atoms with Gasteiger partial charge in [0.25, 0.3) is 0 Å². The van der Waals surface area contributed by atoms with Gasteiger partial charge in [-0.25, -0.2) is 4.98 Å². The molecule has 26 heavy (non-hydrogen) atoms. The van der Waals surface area contributed by atoms with E-state index in [0.717, 1.165) is 30.2 Å². The van der Waals surface area contributed by atoms with E-state index in [1.807, 2.05) is 18.2 Å². The lowest BCUT2D eigenvalue weighted by Crippen LogP contribution is -2.21. The van der Waals surface area contributed by atoms with Gasteiger partial charge < -0.3 is 19.4 Å². The average molecular weight is 353 g/mol. The molecule has 1 N–H and O–H groups in total. The number of aromatic nitrogens is 2. The average Bonchev–Trinajstić information content (AvgIpc) is 3.05. The van der Waals surface area contributed by atoms with E-state index in [4.69, 9.17) is 14.5 Å². The van der Waals surface area contributed by atoms with Crippen molar-refractivity contribution in [1.82, 2.24) is 14.9 Å². The van der Waals surface area contributed by atoms with Crippen LogP contribution in [0.4, 0.5) is 0 Å². The standard InChI is InChI=1S/C21H27N3O2/c1-4-24-20-11-6-5-10-19(20)23-21(24)16(2)22-15-17-8-7-9-18(14-17)26-13-12-25-3/h5-11,14,16,22H,4,12-13,15H2,1-3H3. The number of fused-ring (bicyclic) bond motifs is 1. The summed E-state index contributed by atoms with van der Waals surface area (Å²) >= 11 is 0. The normalized spacial score (nSPS) is 12.4. The van der Waals surface area contributed by atoms with Gasteiger partial charge in [-0.3, -0.25) is 0 Å². The van der Waals surface area contributed by atoms with Crippen molar-refractivity contribution < 1.29 is 9.47 Å². The Bertz CT molecular complexity index is 844. The van der Waals surface area contributed by atoms with Gasteiger partial charge >= 0.3 is 0 Å². The third-order valence-electron chi connectivity index (χ3n) is 4.45. The molecule has 0 aliphatic carbocycles. The quantitative estimate of drug-likeness (QED) is 0.592. The molecule has 2 aromatic carbocycles. The molecule has 138 valence electrons. The summed E-state index contributed by atoms with van der Waals surface area (Å²) in [5.41, 5.74) is 3.42. The highest BCUT2D eigenvalue weighted by Crippen LogP contribution is 2.21. The molecule has 1 aromatic heterocycles. The lowest BCUT2D eigenvalue weighted by Gasteiger charge is -2.16. The summed E-state index contributed by atoms with van der Waals surface area (Å²) in [4.78, 5) is 4.83. The van der Waals surface area contributed by atoms with Crippen molar-refractivity contribution in [3.05, 3.63) is 59.9 Å². The van der Waals surface area contributed by atoms with Crippen molar-refractivity contribution in [1.29, 1.82) is 0 Å². The summed E-state index contributed by atoms with van der Waals surface area (Å²) in [6.07, 6.45) is 0. The Morgan fingerprint density at radius 2 is 1.96 bits per heavy atom. The van der Waals surface area contributed by atoms with Crippen LogP contribution in [-0.2, 0) is 17.8 Å². The lowest BCUT2D eigenvalue weighted by molar-refractivity contribution is 0.146. The summed E-state index contributed by atoms with van der Waals surface area (Å²) in [7, 11) is 1.68. The molecular weight excluding hydrogens is 326 g/mol. The number of imidazole rings is 1. The van der Waals surface area contributed by atoms with Gasteiger partial charge in [-0.1, -0.05) is 24.3 Å². The molecule has 5 heteroatoms. The smallest absolute Gasteiger partial charge is 0.126 e. The van der Waals surface area contributed by atoms with Crippen molar-refractivity contribution in [2.45, 2.75) is 33.0 Å². The van der Waals surface area contributed by atoms with E-state index in [2.05, 4.69) is 54.1 Å². The van der Waals surface area contributed by atoms with E-state index in [9.17, 15) is 0 Å². The van der Waals surface area contributed by atoms with E-state index in [1.54, 1.807) is 7.11 Å². The highest BCUT2D eigenvalue weighted by Gasteiger charge is 2.15. The molecule has 0 saturated heterocycles. The van der Waals surface area contributed by atoms with E-state index in [1.165, 1.54) is 11.1 Å². The summed E-state index contributed by atoms with van der Waals surface area (Å²) in [5, 5.41) is 3.58. The Kier molecular flexibility index (Phi) is 6.26. The van der Waals surface area contributed by atoms with E-state index < -0.39 is 0 Å². The minimum atomic E-state index is 0.153. The van der Waals surface area contributed by atoms with Crippen LogP contribution in [0.15, 0.2) is 48.5 Å². The molecule has 0 spiro atoms. The van der Waals surface area contributed by atoms with Crippen LogP contribution in [-0.4, -0.2) is 29.9 Å². The van der Waals surface area contributed by atoms with Crippen LogP contribution < -0.4 is 10.1 Å². The highest BCUT2D eigenvalue weighted by atomic mass is 16.5. The molecule has 0 radical (unpaired) electrons.